The van der Waals surface area contributed by atoms with Crippen LogP contribution in [-0.2, 0) is 37.1 Å². The SMILES string of the molecule is FC(F)(F)c1cc(NC(=S)NCCP(CCNC(=S)Nc2cc(C(F)(F)F)cc(C(F)(F)F)c2)CCNC(=S)Nc2cc(C(F)(F)F)cc(C(F)(F)F)c2)cc(C(F)(F)F)c1. The van der Waals surface area contributed by atoms with E-state index in [1.165, 1.54) is 0 Å². The molecule has 3 aromatic rings. The maximum Gasteiger partial charge on any atom is 0.416 e. The number of hydrogen-bond donors (Lipinski definition) is 6. The van der Waals surface area contributed by atoms with E-state index in [4.69, 9.17) is 36.7 Å². The lowest BCUT2D eigenvalue weighted by Gasteiger charge is -2.21. The Balaban J connectivity index is 1.71. The molecule has 0 aliphatic rings. The van der Waals surface area contributed by atoms with E-state index < -0.39 is 111 Å². The number of anilines is 3. The Hall–Kier alpha value is -4.10. The second kappa shape index (κ2) is 19.9. The summed E-state index contributed by atoms with van der Waals surface area (Å²) in [5.41, 5.74) is -11.7. The van der Waals surface area contributed by atoms with Gasteiger partial charge >= 0.3 is 37.1 Å². The van der Waals surface area contributed by atoms with Crippen LogP contribution in [0.5, 0.6) is 0 Å². The Labute approximate surface area is 350 Å². The smallest absolute Gasteiger partial charge is 0.362 e. The van der Waals surface area contributed by atoms with Gasteiger partial charge in [0.25, 0.3) is 0 Å². The molecule has 6 nitrogen and oxygen atoms in total. The molecular formula is C33H27F18N6PS3. The van der Waals surface area contributed by atoms with Gasteiger partial charge in [-0.25, -0.2) is 0 Å². The highest BCUT2D eigenvalue weighted by molar-refractivity contribution is 7.81. The fourth-order valence-electron chi connectivity index (χ4n) is 4.93. The summed E-state index contributed by atoms with van der Waals surface area (Å²) in [4.78, 5) is 0. The Morgan fingerprint density at radius 2 is 0.525 bits per heavy atom. The first-order valence-corrected chi connectivity index (χ1v) is 19.6. The van der Waals surface area contributed by atoms with Gasteiger partial charge in [0, 0.05) is 36.7 Å². The maximum atomic E-state index is 13.3. The van der Waals surface area contributed by atoms with Gasteiger partial charge in [-0.05, 0) is 110 Å². The molecule has 0 saturated heterocycles. The topological polar surface area (TPSA) is 72.2 Å². The molecule has 0 bridgehead atoms. The van der Waals surface area contributed by atoms with Crippen LogP contribution in [0, 0.1) is 0 Å². The lowest BCUT2D eigenvalue weighted by Crippen LogP contribution is -2.34. The van der Waals surface area contributed by atoms with E-state index in [0.717, 1.165) is 0 Å². The minimum absolute atomic E-state index is 0.0943. The average Bonchev–Trinajstić information content (AvgIpc) is 3.08. The summed E-state index contributed by atoms with van der Waals surface area (Å²) < 4.78 is 239. The van der Waals surface area contributed by atoms with E-state index in [0.29, 0.717) is 36.4 Å². The molecule has 0 radical (unpaired) electrons. The Morgan fingerprint density at radius 3 is 0.689 bits per heavy atom. The van der Waals surface area contributed by atoms with Crippen LogP contribution < -0.4 is 31.9 Å². The third-order valence-corrected chi connectivity index (χ3v) is 11.0. The highest BCUT2D eigenvalue weighted by atomic mass is 32.1. The lowest BCUT2D eigenvalue weighted by molar-refractivity contribution is -0.144. The van der Waals surface area contributed by atoms with Crippen molar-refractivity contribution in [2.24, 2.45) is 0 Å². The molecule has 0 aliphatic heterocycles. The molecule has 6 N–H and O–H groups in total. The summed E-state index contributed by atoms with van der Waals surface area (Å²) >= 11 is 15.1. The highest BCUT2D eigenvalue weighted by Crippen LogP contribution is 2.40. The second-order valence-corrected chi connectivity index (χ2v) is 16.3. The van der Waals surface area contributed by atoms with Crippen molar-refractivity contribution >= 4 is 77.0 Å². The first-order chi connectivity index (χ1) is 27.7. The van der Waals surface area contributed by atoms with Gasteiger partial charge in [0.15, 0.2) is 15.3 Å². The summed E-state index contributed by atoms with van der Waals surface area (Å²) in [7, 11) is -1.30. The van der Waals surface area contributed by atoms with Crippen molar-refractivity contribution in [3.8, 4) is 0 Å². The largest absolute Gasteiger partial charge is 0.416 e. The summed E-state index contributed by atoms with van der Waals surface area (Å²) in [6.07, 6.45) is -30.5. The van der Waals surface area contributed by atoms with Crippen molar-refractivity contribution in [3.05, 3.63) is 88.0 Å². The number of halogens is 18. The molecule has 61 heavy (non-hydrogen) atoms. The molecule has 0 atom stereocenters. The van der Waals surface area contributed by atoms with Crippen molar-refractivity contribution in [2.75, 3.05) is 54.1 Å². The van der Waals surface area contributed by atoms with Crippen molar-refractivity contribution in [2.45, 2.75) is 37.1 Å². The van der Waals surface area contributed by atoms with Gasteiger partial charge in [-0.15, -0.1) is 7.92 Å². The number of hydrogen-bond acceptors (Lipinski definition) is 3. The molecule has 3 aromatic carbocycles. The van der Waals surface area contributed by atoms with Crippen molar-refractivity contribution in [3.63, 3.8) is 0 Å². The van der Waals surface area contributed by atoms with Gasteiger partial charge in [-0.1, -0.05) is 0 Å². The lowest BCUT2D eigenvalue weighted by atomic mass is 10.1. The fourth-order valence-corrected chi connectivity index (χ4v) is 7.54. The Morgan fingerprint density at radius 1 is 0.344 bits per heavy atom. The molecule has 28 heteroatoms. The van der Waals surface area contributed by atoms with Crippen LogP contribution >= 0.6 is 44.6 Å². The zero-order valence-corrected chi connectivity index (χ0v) is 33.3. The van der Waals surface area contributed by atoms with Gasteiger partial charge in [0.1, 0.15) is 0 Å². The zero-order valence-electron chi connectivity index (χ0n) is 29.9. The van der Waals surface area contributed by atoms with Crippen molar-refractivity contribution in [1.82, 2.24) is 16.0 Å². The summed E-state index contributed by atoms with van der Waals surface area (Å²) in [6.45, 7) is -0.283. The van der Waals surface area contributed by atoms with Crippen LogP contribution in [-0.4, -0.2) is 53.5 Å². The van der Waals surface area contributed by atoms with Crippen LogP contribution in [0.4, 0.5) is 96.1 Å². The zero-order chi connectivity index (χ0) is 46.4. The first-order valence-electron chi connectivity index (χ1n) is 16.5. The average molecular weight is 977 g/mol. The number of benzene rings is 3. The Bertz CT molecular complexity index is 1710. The summed E-state index contributed by atoms with van der Waals surface area (Å²) in [5, 5.41) is 13.3. The summed E-state index contributed by atoms with van der Waals surface area (Å²) in [6, 6.07) is 2.00. The van der Waals surface area contributed by atoms with E-state index in [9.17, 15) is 79.0 Å². The third kappa shape index (κ3) is 16.9. The number of alkyl halides is 18. The third-order valence-electron chi connectivity index (χ3n) is 7.68. The molecule has 0 heterocycles. The molecule has 0 saturated carbocycles. The standard InChI is InChI=1S/C33H27F18N6PS3/c34-28(35,36)16-7-17(29(37,38)39)11-22(10-16)55-25(59)52-1-4-58(5-2-53-26(60)56-23-12-18(30(40,41)42)8-19(13-23)31(43,44)45)6-3-54-27(61)57-24-14-20(32(46,47)48)9-21(15-24)33(49,50)51/h7-15H,1-6H2,(H2,52,55,59)(H2,53,56,60)(H2,54,57,61). The van der Waals surface area contributed by atoms with Gasteiger partial charge in [-0.3, -0.25) is 0 Å². The molecule has 3 rings (SSSR count). The molecule has 0 fully saturated rings. The van der Waals surface area contributed by atoms with E-state index in [2.05, 4.69) is 31.9 Å². The molecular weight excluding hydrogens is 950 g/mol. The van der Waals surface area contributed by atoms with E-state index >= 15 is 0 Å². The molecule has 0 aliphatic carbocycles. The molecule has 0 amide bonds. The predicted molar refractivity (Wildman–Crippen MR) is 204 cm³/mol. The quantitative estimate of drug-likeness (QED) is 0.0605. The first kappa shape index (κ1) is 51.3. The van der Waals surface area contributed by atoms with Crippen LogP contribution in [0.2, 0.25) is 0 Å². The van der Waals surface area contributed by atoms with Gasteiger partial charge in [0.2, 0.25) is 0 Å². The van der Waals surface area contributed by atoms with Crippen molar-refractivity contribution in [1.29, 1.82) is 0 Å². The Kier molecular flexibility index (Phi) is 16.8. The maximum absolute atomic E-state index is 13.3. The molecule has 0 aromatic heterocycles. The molecule has 0 spiro atoms. The van der Waals surface area contributed by atoms with Gasteiger partial charge in [0.05, 0.1) is 33.4 Å². The normalized spacial score (nSPS) is 12.8. The van der Waals surface area contributed by atoms with Crippen LogP contribution in [0.15, 0.2) is 54.6 Å². The number of rotatable bonds is 12. The molecule has 0 unspecified atom stereocenters. The fraction of sp³-hybridized carbons (Fsp3) is 0.364. The monoisotopic (exact) mass is 976 g/mol. The minimum atomic E-state index is -5.15. The summed E-state index contributed by atoms with van der Waals surface area (Å²) in [5.74, 6) is 0. The number of nitrogens with one attached hydrogen (secondary N) is 6. The van der Waals surface area contributed by atoms with Gasteiger partial charge in [-0.2, -0.15) is 79.0 Å². The number of thiocarbonyl (C=S) groups is 3. The minimum Gasteiger partial charge on any atom is -0.362 e. The van der Waals surface area contributed by atoms with Gasteiger partial charge < -0.3 is 31.9 Å². The van der Waals surface area contributed by atoms with E-state index in [1.54, 1.807) is 0 Å². The van der Waals surface area contributed by atoms with Crippen LogP contribution in [0.1, 0.15) is 33.4 Å². The van der Waals surface area contributed by atoms with Crippen LogP contribution in [0.3, 0.4) is 0 Å². The van der Waals surface area contributed by atoms with Crippen LogP contribution in [0.25, 0.3) is 0 Å². The second-order valence-electron chi connectivity index (χ2n) is 12.4. The predicted octanol–water partition coefficient (Wildman–Crippen LogP) is 11.5. The van der Waals surface area contributed by atoms with E-state index in [-0.39, 0.29) is 56.3 Å². The van der Waals surface area contributed by atoms with E-state index in [1.807, 2.05) is 0 Å². The van der Waals surface area contributed by atoms with Crippen molar-refractivity contribution < 1.29 is 79.0 Å². The molecule has 338 valence electrons. The highest BCUT2D eigenvalue weighted by Gasteiger charge is 2.39.